The normalized spacial score (nSPS) is 10.5. The van der Waals surface area contributed by atoms with Crippen LogP contribution in [0.5, 0.6) is 11.5 Å². The molecule has 27 heavy (non-hydrogen) atoms. The van der Waals surface area contributed by atoms with Crippen molar-refractivity contribution >= 4 is 23.7 Å². The molecule has 3 aromatic rings. The topological polar surface area (TPSA) is 86.5 Å². The van der Waals surface area contributed by atoms with Gasteiger partial charge in [0.05, 0.1) is 20.6 Å². The zero-order valence-corrected chi connectivity index (χ0v) is 16.0. The minimum Gasteiger partial charge on any atom is -0.493 e. The summed E-state index contributed by atoms with van der Waals surface area (Å²) in [4.78, 5) is 13.6. The Labute approximate surface area is 161 Å². The highest BCUT2D eigenvalue weighted by molar-refractivity contribution is 7.98. The van der Waals surface area contributed by atoms with Gasteiger partial charge in [-0.3, -0.25) is 10.1 Å². The number of carbonyl (C=O) groups excluding carboxylic acids is 1. The van der Waals surface area contributed by atoms with Crippen LogP contribution in [0.2, 0.25) is 0 Å². The number of hydrogen-bond donors (Lipinski definition) is 1. The molecule has 0 radical (unpaired) electrons. The highest BCUT2D eigenvalue weighted by Gasteiger charge is 2.14. The summed E-state index contributed by atoms with van der Waals surface area (Å²) in [6.07, 6.45) is 2.52. The molecule has 0 fully saturated rings. The van der Waals surface area contributed by atoms with Crippen molar-refractivity contribution in [3.05, 3.63) is 59.5 Å². The summed E-state index contributed by atoms with van der Waals surface area (Å²) in [6.45, 7) is 0. The monoisotopic (exact) mass is 385 g/mol. The van der Waals surface area contributed by atoms with E-state index in [9.17, 15) is 4.79 Å². The molecule has 0 bridgehead atoms. The maximum absolute atomic E-state index is 12.4. The van der Waals surface area contributed by atoms with Crippen LogP contribution in [0.1, 0.15) is 21.8 Å². The van der Waals surface area contributed by atoms with E-state index in [-0.39, 0.29) is 11.9 Å². The number of amides is 1. The van der Waals surface area contributed by atoms with Crippen molar-refractivity contribution in [2.75, 3.05) is 25.8 Å². The van der Waals surface area contributed by atoms with Gasteiger partial charge in [0.15, 0.2) is 11.5 Å². The molecule has 2 aromatic carbocycles. The summed E-state index contributed by atoms with van der Waals surface area (Å²) in [5.41, 5.74) is 1.44. The number of methoxy groups -OCH3 is 2. The first-order chi connectivity index (χ1) is 13.1. The molecular weight excluding hydrogens is 366 g/mol. The van der Waals surface area contributed by atoms with Gasteiger partial charge in [-0.1, -0.05) is 17.2 Å². The predicted molar refractivity (Wildman–Crippen MR) is 103 cm³/mol. The molecule has 8 heteroatoms. The van der Waals surface area contributed by atoms with Crippen LogP contribution in [0.3, 0.4) is 0 Å². The van der Waals surface area contributed by atoms with E-state index in [0.717, 1.165) is 5.56 Å². The molecule has 1 amide bonds. The zero-order chi connectivity index (χ0) is 19.2. The smallest absolute Gasteiger partial charge is 0.322 e. The van der Waals surface area contributed by atoms with E-state index in [2.05, 4.69) is 15.5 Å². The number of anilines is 1. The largest absolute Gasteiger partial charge is 0.493 e. The Morgan fingerprint density at radius 3 is 2.48 bits per heavy atom. The number of carbonyl (C=O) groups is 1. The molecule has 0 aliphatic rings. The van der Waals surface area contributed by atoms with Crippen LogP contribution in [0.25, 0.3) is 0 Å². The van der Waals surface area contributed by atoms with Crippen LogP contribution >= 0.6 is 11.8 Å². The quantitative estimate of drug-likeness (QED) is 0.621. The first-order valence-corrected chi connectivity index (χ1v) is 9.34. The van der Waals surface area contributed by atoms with Gasteiger partial charge in [-0.15, -0.1) is 16.9 Å². The number of benzene rings is 2. The fraction of sp³-hybridized carbons (Fsp3) is 0.211. The lowest BCUT2D eigenvalue weighted by molar-refractivity contribution is 0.102. The van der Waals surface area contributed by atoms with E-state index in [0.29, 0.717) is 29.4 Å². The van der Waals surface area contributed by atoms with E-state index in [1.807, 2.05) is 30.5 Å². The second-order valence-corrected chi connectivity index (χ2v) is 6.43. The Bertz CT molecular complexity index is 925. The second kappa shape index (κ2) is 8.59. The van der Waals surface area contributed by atoms with Crippen LogP contribution < -0.4 is 14.8 Å². The molecule has 7 nitrogen and oxygen atoms in total. The number of hydrogen-bond acceptors (Lipinski definition) is 7. The summed E-state index contributed by atoms with van der Waals surface area (Å²) in [7, 11) is 3.04. The lowest BCUT2D eigenvalue weighted by Gasteiger charge is -2.08. The van der Waals surface area contributed by atoms with Gasteiger partial charge in [0.2, 0.25) is 5.89 Å². The third-order valence-corrected chi connectivity index (χ3v) is 4.59. The fourth-order valence-corrected chi connectivity index (χ4v) is 2.85. The maximum Gasteiger partial charge on any atom is 0.322 e. The van der Waals surface area contributed by atoms with Crippen molar-refractivity contribution in [3.63, 3.8) is 0 Å². The van der Waals surface area contributed by atoms with Crippen molar-refractivity contribution in [3.8, 4) is 11.5 Å². The molecule has 140 valence electrons. The van der Waals surface area contributed by atoms with Crippen LogP contribution in [0.4, 0.5) is 6.01 Å². The van der Waals surface area contributed by atoms with Gasteiger partial charge >= 0.3 is 6.01 Å². The summed E-state index contributed by atoms with van der Waals surface area (Å²) < 4.78 is 15.9. The predicted octanol–water partition coefficient (Wildman–Crippen LogP) is 3.65. The van der Waals surface area contributed by atoms with Crippen molar-refractivity contribution in [2.24, 2.45) is 0 Å². The summed E-state index contributed by atoms with van der Waals surface area (Å²) in [6, 6.07) is 13.0. The molecule has 1 N–H and O–H groups in total. The van der Waals surface area contributed by atoms with Gasteiger partial charge in [-0.05, 0) is 42.2 Å². The molecule has 3 rings (SSSR count). The van der Waals surface area contributed by atoms with Crippen LogP contribution in [-0.4, -0.2) is 36.6 Å². The molecule has 0 atom stereocenters. The third-order valence-electron chi connectivity index (χ3n) is 3.85. The molecule has 0 aliphatic carbocycles. The van der Waals surface area contributed by atoms with E-state index in [4.69, 9.17) is 13.9 Å². The highest BCUT2D eigenvalue weighted by atomic mass is 32.2. The molecule has 0 saturated carbocycles. The minimum absolute atomic E-state index is 0.0468. The van der Waals surface area contributed by atoms with Crippen molar-refractivity contribution in [1.29, 1.82) is 0 Å². The average molecular weight is 385 g/mol. The fourth-order valence-electron chi connectivity index (χ4n) is 2.44. The van der Waals surface area contributed by atoms with E-state index in [1.165, 1.54) is 19.1 Å². The molecular formula is C19H19N3O4S. The van der Waals surface area contributed by atoms with E-state index < -0.39 is 0 Å². The molecule has 0 saturated heterocycles. The minimum atomic E-state index is -0.379. The number of rotatable bonds is 7. The third kappa shape index (κ3) is 4.59. The average Bonchev–Trinajstić information content (AvgIpc) is 3.14. The molecule has 1 aromatic heterocycles. The van der Waals surface area contributed by atoms with E-state index in [1.54, 1.807) is 30.0 Å². The van der Waals surface area contributed by atoms with Crippen molar-refractivity contribution < 1.29 is 18.7 Å². The second-order valence-electron chi connectivity index (χ2n) is 5.55. The van der Waals surface area contributed by atoms with Crippen molar-refractivity contribution in [2.45, 2.75) is 11.3 Å². The van der Waals surface area contributed by atoms with Gasteiger partial charge in [-0.2, -0.15) is 0 Å². The summed E-state index contributed by atoms with van der Waals surface area (Å²) in [5, 5.41) is 10.5. The zero-order valence-electron chi connectivity index (χ0n) is 15.2. The Morgan fingerprint density at radius 2 is 1.81 bits per heavy atom. The Morgan fingerprint density at radius 1 is 1.07 bits per heavy atom. The highest BCUT2D eigenvalue weighted by Crippen LogP contribution is 2.27. The summed E-state index contributed by atoms with van der Waals surface area (Å²) >= 11 is 1.68. The first-order valence-electron chi connectivity index (χ1n) is 8.11. The van der Waals surface area contributed by atoms with Gasteiger partial charge in [0.1, 0.15) is 0 Å². The summed E-state index contributed by atoms with van der Waals surface area (Å²) in [5.74, 6) is 1.05. The lowest BCUT2D eigenvalue weighted by atomic mass is 10.1. The number of ether oxygens (including phenoxy) is 2. The Balaban J connectivity index is 1.67. The van der Waals surface area contributed by atoms with Gasteiger partial charge in [0, 0.05) is 10.5 Å². The van der Waals surface area contributed by atoms with Crippen LogP contribution in [0.15, 0.2) is 51.8 Å². The van der Waals surface area contributed by atoms with Crippen LogP contribution in [-0.2, 0) is 6.42 Å². The molecule has 0 unspecified atom stereocenters. The number of nitrogens with zero attached hydrogens (tertiary/aromatic N) is 2. The molecule has 0 aliphatic heterocycles. The first kappa shape index (κ1) is 18.8. The van der Waals surface area contributed by atoms with Gasteiger partial charge in [-0.25, -0.2) is 0 Å². The number of aromatic nitrogens is 2. The molecule has 1 heterocycles. The van der Waals surface area contributed by atoms with Gasteiger partial charge < -0.3 is 13.9 Å². The Kier molecular flexibility index (Phi) is 5.97. The number of nitrogens with one attached hydrogen (secondary N) is 1. The Hall–Kier alpha value is -3.00. The van der Waals surface area contributed by atoms with Crippen LogP contribution in [0, 0.1) is 0 Å². The maximum atomic E-state index is 12.4. The SMILES string of the molecule is COc1ccc(C(=O)Nc2nnc(Cc3ccc(SC)cc3)o2)cc1OC. The molecule has 0 spiro atoms. The lowest BCUT2D eigenvalue weighted by Crippen LogP contribution is -2.12. The standard InChI is InChI=1S/C19H19N3O4S/c1-24-15-9-6-13(11-16(15)25-2)18(23)20-19-22-21-17(26-19)10-12-4-7-14(27-3)8-5-12/h4-9,11H,10H2,1-3H3,(H,20,22,23). The van der Waals surface area contributed by atoms with Crippen molar-refractivity contribution in [1.82, 2.24) is 10.2 Å². The van der Waals surface area contributed by atoms with E-state index >= 15 is 0 Å². The number of thioether (sulfide) groups is 1. The van der Waals surface area contributed by atoms with Gasteiger partial charge in [0.25, 0.3) is 5.91 Å².